The Morgan fingerprint density at radius 1 is 1.04 bits per heavy atom. The summed E-state index contributed by atoms with van der Waals surface area (Å²) >= 11 is 0. The Hall–Kier alpha value is -2.17. The van der Waals surface area contributed by atoms with Crippen molar-refractivity contribution in [1.82, 2.24) is 9.80 Å². The zero-order valence-corrected chi connectivity index (χ0v) is 16.0. The summed E-state index contributed by atoms with van der Waals surface area (Å²) < 4.78 is 6.41. The van der Waals surface area contributed by atoms with Crippen molar-refractivity contribution in [1.29, 1.82) is 0 Å². The maximum Gasteiger partial charge on any atom is 0.254 e. The highest BCUT2D eigenvalue weighted by Crippen LogP contribution is 2.33. The van der Waals surface area contributed by atoms with Gasteiger partial charge in [0.1, 0.15) is 0 Å². The van der Waals surface area contributed by atoms with Crippen molar-refractivity contribution in [3.63, 3.8) is 0 Å². The zero-order valence-electron chi connectivity index (χ0n) is 16.0. The van der Waals surface area contributed by atoms with Crippen LogP contribution in [-0.4, -0.2) is 53.6 Å². The molecule has 2 aliphatic rings. The molecule has 27 heavy (non-hydrogen) atoms. The number of morpholine rings is 1. The van der Waals surface area contributed by atoms with Crippen LogP contribution >= 0.6 is 0 Å². The van der Waals surface area contributed by atoms with Crippen LogP contribution in [0, 0.1) is 0 Å². The van der Waals surface area contributed by atoms with Crippen LogP contribution in [0.15, 0.2) is 60.7 Å². The van der Waals surface area contributed by atoms with E-state index in [1.54, 1.807) is 0 Å². The molecule has 1 amide bonds. The van der Waals surface area contributed by atoms with Gasteiger partial charge in [-0.1, -0.05) is 48.5 Å². The monoisotopic (exact) mass is 364 g/mol. The van der Waals surface area contributed by atoms with Crippen molar-refractivity contribution in [2.24, 2.45) is 0 Å². The highest BCUT2D eigenvalue weighted by Gasteiger charge is 2.43. The molecular formula is C23H28N2O2. The van der Waals surface area contributed by atoms with Crippen molar-refractivity contribution in [3.8, 4) is 0 Å². The van der Waals surface area contributed by atoms with Gasteiger partial charge in [0.05, 0.1) is 18.2 Å². The number of benzene rings is 2. The van der Waals surface area contributed by atoms with E-state index in [9.17, 15) is 4.79 Å². The molecule has 142 valence electrons. The predicted molar refractivity (Wildman–Crippen MR) is 107 cm³/mol. The lowest BCUT2D eigenvalue weighted by atomic mass is 9.88. The standard InChI is InChI=1S/C23H28N2O2/c1-19-16-25(22(26)21-10-6-3-7-11-21)18-23(27-19)12-14-24(15-13-23)17-20-8-4-2-5-9-20/h2-11,19H,12-18H2,1H3. The molecule has 0 aromatic heterocycles. The molecule has 1 spiro atoms. The molecule has 2 aromatic rings. The summed E-state index contributed by atoms with van der Waals surface area (Å²) in [5.74, 6) is 0.122. The van der Waals surface area contributed by atoms with Gasteiger partial charge in [0.25, 0.3) is 5.91 Å². The van der Waals surface area contributed by atoms with Gasteiger partial charge in [0, 0.05) is 31.7 Å². The van der Waals surface area contributed by atoms with E-state index < -0.39 is 0 Å². The Morgan fingerprint density at radius 3 is 2.33 bits per heavy atom. The molecular weight excluding hydrogens is 336 g/mol. The minimum atomic E-state index is -0.199. The Kier molecular flexibility index (Phi) is 5.28. The molecule has 2 fully saturated rings. The lowest BCUT2D eigenvalue weighted by molar-refractivity contribution is -0.162. The van der Waals surface area contributed by atoms with Crippen LogP contribution < -0.4 is 0 Å². The Bertz CT molecular complexity index is 754. The van der Waals surface area contributed by atoms with Crippen molar-refractivity contribution in [2.45, 2.75) is 38.0 Å². The number of likely N-dealkylation sites (tertiary alicyclic amines) is 1. The molecule has 4 heteroatoms. The summed E-state index contributed by atoms with van der Waals surface area (Å²) in [6.45, 7) is 6.46. The molecule has 1 atom stereocenters. The fraction of sp³-hybridized carbons (Fsp3) is 0.435. The first-order valence-electron chi connectivity index (χ1n) is 9.92. The fourth-order valence-corrected chi connectivity index (χ4v) is 4.38. The first kappa shape index (κ1) is 18.2. The van der Waals surface area contributed by atoms with Crippen LogP contribution in [0.1, 0.15) is 35.7 Å². The Morgan fingerprint density at radius 2 is 1.67 bits per heavy atom. The second-order valence-electron chi connectivity index (χ2n) is 7.92. The number of carbonyl (C=O) groups is 1. The summed E-state index contributed by atoms with van der Waals surface area (Å²) in [6.07, 6.45) is 2.03. The van der Waals surface area contributed by atoms with Gasteiger partial charge in [-0.25, -0.2) is 0 Å². The summed E-state index contributed by atoms with van der Waals surface area (Å²) in [4.78, 5) is 17.4. The molecule has 1 unspecified atom stereocenters. The molecule has 2 aromatic carbocycles. The normalized spacial score (nSPS) is 22.7. The van der Waals surface area contributed by atoms with Gasteiger partial charge in [-0.3, -0.25) is 9.69 Å². The van der Waals surface area contributed by atoms with Crippen molar-refractivity contribution < 1.29 is 9.53 Å². The van der Waals surface area contributed by atoms with Gasteiger partial charge < -0.3 is 9.64 Å². The van der Waals surface area contributed by atoms with E-state index in [-0.39, 0.29) is 17.6 Å². The third kappa shape index (κ3) is 4.23. The SMILES string of the molecule is CC1CN(C(=O)c2ccccc2)CC2(CCN(Cc3ccccc3)CC2)O1. The topological polar surface area (TPSA) is 32.8 Å². The smallest absolute Gasteiger partial charge is 0.254 e. The predicted octanol–water partition coefficient (Wildman–Crippen LogP) is 3.58. The van der Waals surface area contributed by atoms with Gasteiger partial charge >= 0.3 is 0 Å². The highest BCUT2D eigenvalue weighted by molar-refractivity contribution is 5.94. The molecule has 2 heterocycles. The second-order valence-corrected chi connectivity index (χ2v) is 7.92. The van der Waals surface area contributed by atoms with E-state index in [0.717, 1.165) is 38.0 Å². The number of hydrogen-bond donors (Lipinski definition) is 0. The van der Waals surface area contributed by atoms with Gasteiger partial charge in [-0.15, -0.1) is 0 Å². The van der Waals surface area contributed by atoms with Crippen LogP contribution in [-0.2, 0) is 11.3 Å². The van der Waals surface area contributed by atoms with Crippen LogP contribution in [0.3, 0.4) is 0 Å². The van der Waals surface area contributed by atoms with Crippen LogP contribution in [0.2, 0.25) is 0 Å². The van der Waals surface area contributed by atoms with Crippen molar-refractivity contribution in [2.75, 3.05) is 26.2 Å². The first-order valence-corrected chi connectivity index (χ1v) is 9.92. The fourth-order valence-electron chi connectivity index (χ4n) is 4.38. The van der Waals surface area contributed by atoms with Crippen molar-refractivity contribution in [3.05, 3.63) is 71.8 Å². The Balaban J connectivity index is 1.40. The lowest BCUT2D eigenvalue weighted by Gasteiger charge is -2.49. The molecule has 0 N–H and O–H groups in total. The third-order valence-corrected chi connectivity index (χ3v) is 5.73. The summed E-state index contributed by atoms with van der Waals surface area (Å²) in [6, 6.07) is 20.2. The molecule has 0 bridgehead atoms. The van der Waals surface area contributed by atoms with E-state index in [4.69, 9.17) is 4.74 Å². The maximum absolute atomic E-state index is 12.9. The molecule has 0 saturated carbocycles. The Labute approximate surface area is 161 Å². The van der Waals surface area contributed by atoms with Crippen LogP contribution in [0.25, 0.3) is 0 Å². The summed E-state index contributed by atoms with van der Waals surface area (Å²) in [5.41, 5.74) is 1.92. The third-order valence-electron chi connectivity index (χ3n) is 5.73. The van der Waals surface area contributed by atoms with E-state index in [0.29, 0.717) is 13.1 Å². The number of ether oxygens (including phenoxy) is 1. The van der Waals surface area contributed by atoms with E-state index >= 15 is 0 Å². The van der Waals surface area contributed by atoms with E-state index in [1.807, 2.05) is 35.2 Å². The number of piperidine rings is 1. The van der Waals surface area contributed by atoms with Gasteiger partial charge in [0.15, 0.2) is 0 Å². The van der Waals surface area contributed by atoms with Crippen molar-refractivity contribution >= 4 is 5.91 Å². The van der Waals surface area contributed by atoms with E-state index in [2.05, 4.69) is 42.2 Å². The largest absolute Gasteiger partial charge is 0.368 e. The quantitative estimate of drug-likeness (QED) is 0.834. The molecule has 4 rings (SSSR count). The number of amides is 1. The molecule has 0 radical (unpaired) electrons. The maximum atomic E-state index is 12.9. The summed E-state index contributed by atoms with van der Waals surface area (Å²) in [5, 5.41) is 0. The molecule has 2 aliphatic heterocycles. The average molecular weight is 364 g/mol. The average Bonchev–Trinajstić information content (AvgIpc) is 2.70. The highest BCUT2D eigenvalue weighted by atomic mass is 16.5. The molecule has 2 saturated heterocycles. The van der Waals surface area contributed by atoms with E-state index in [1.165, 1.54) is 5.56 Å². The minimum Gasteiger partial charge on any atom is -0.368 e. The number of carbonyl (C=O) groups excluding carboxylic acids is 1. The van der Waals surface area contributed by atoms with Gasteiger partial charge in [-0.05, 0) is 37.5 Å². The number of rotatable bonds is 3. The van der Waals surface area contributed by atoms with Crippen LogP contribution in [0.5, 0.6) is 0 Å². The van der Waals surface area contributed by atoms with Gasteiger partial charge in [0.2, 0.25) is 0 Å². The molecule has 0 aliphatic carbocycles. The number of hydrogen-bond acceptors (Lipinski definition) is 3. The summed E-state index contributed by atoms with van der Waals surface area (Å²) in [7, 11) is 0. The number of nitrogens with zero attached hydrogens (tertiary/aromatic N) is 2. The lowest BCUT2D eigenvalue weighted by Crippen LogP contribution is -2.60. The zero-order chi connectivity index (χ0) is 18.7. The van der Waals surface area contributed by atoms with Crippen LogP contribution in [0.4, 0.5) is 0 Å². The molecule has 4 nitrogen and oxygen atoms in total. The second kappa shape index (κ2) is 7.83. The minimum absolute atomic E-state index is 0.0760. The van der Waals surface area contributed by atoms with Gasteiger partial charge in [-0.2, -0.15) is 0 Å². The first-order chi connectivity index (χ1) is 13.1.